The van der Waals surface area contributed by atoms with Gasteiger partial charge in [-0.1, -0.05) is 17.7 Å². The summed E-state index contributed by atoms with van der Waals surface area (Å²) in [5.74, 6) is 0.612. The molecular formula is C9H11ClO2. The van der Waals surface area contributed by atoms with Crippen LogP contribution >= 0.6 is 11.6 Å². The van der Waals surface area contributed by atoms with Gasteiger partial charge in [0, 0.05) is 5.56 Å². The van der Waals surface area contributed by atoms with Crippen molar-refractivity contribution < 1.29 is 9.84 Å². The molecular weight excluding hydrogens is 176 g/mol. The van der Waals surface area contributed by atoms with Crippen LogP contribution in [0.25, 0.3) is 0 Å². The second kappa shape index (κ2) is 3.78. The van der Waals surface area contributed by atoms with Crippen LogP contribution in [0.1, 0.15) is 11.1 Å². The molecule has 0 heterocycles. The maximum atomic E-state index is 8.92. The number of aryl methyl sites for hydroxylation is 1. The van der Waals surface area contributed by atoms with Crippen molar-refractivity contribution in [3.05, 3.63) is 28.3 Å². The number of ether oxygens (including phenoxy) is 1. The van der Waals surface area contributed by atoms with E-state index in [0.717, 1.165) is 5.56 Å². The molecule has 0 saturated carbocycles. The Hall–Kier alpha value is -0.730. The number of benzene rings is 1. The first kappa shape index (κ1) is 9.36. The fourth-order valence-corrected chi connectivity index (χ4v) is 1.32. The Morgan fingerprint density at radius 3 is 2.67 bits per heavy atom. The van der Waals surface area contributed by atoms with Gasteiger partial charge in [-0.25, -0.2) is 0 Å². The topological polar surface area (TPSA) is 29.5 Å². The molecule has 0 radical (unpaired) electrons. The van der Waals surface area contributed by atoms with Gasteiger partial charge in [-0.2, -0.15) is 0 Å². The molecule has 0 atom stereocenters. The minimum absolute atomic E-state index is 0.0587. The van der Waals surface area contributed by atoms with Crippen molar-refractivity contribution in [3.63, 3.8) is 0 Å². The molecule has 0 aliphatic rings. The average molecular weight is 187 g/mol. The van der Waals surface area contributed by atoms with Crippen LogP contribution in [0.15, 0.2) is 12.1 Å². The SMILES string of the molecule is COc1cc(C)cc(CO)c1Cl. The highest BCUT2D eigenvalue weighted by Gasteiger charge is 2.06. The molecule has 66 valence electrons. The number of hydrogen-bond acceptors (Lipinski definition) is 2. The van der Waals surface area contributed by atoms with Crippen LogP contribution < -0.4 is 4.74 Å². The van der Waals surface area contributed by atoms with Gasteiger partial charge in [0.25, 0.3) is 0 Å². The molecule has 3 heteroatoms. The van der Waals surface area contributed by atoms with E-state index in [1.807, 2.05) is 19.1 Å². The van der Waals surface area contributed by atoms with Gasteiger partial charge in [-0.15, -0.1) is 0 Å². The molecule has 1 rings (SSSR count). The fourth-order valence-electron chi connectivity index (χ4n) is 1.07. The minimum Gasteiger partial charge on any atom is -0.495 e. The minimum atomic E-state index is -0.0587. The largest absolute Gasteiger partial charge is 0.495 e. The van der Waals surface area contributed by atoms with Crippen LogP contribution in [-0.4, -0.2) is 12.2 Å². The maximum Gasteiger partial charge on any atom is 0.138 e. The number of aliphatic hydroxyl groups is 1. The molecule has 0 aromatic heterocycles. The lowest BCUT2D eigenvalue weighted by molar-refractivity contribution is 0.281. The molecule has 0 amide bonds. The molecule has 1 aromatic rings. The Labute approximate surface area is 76.7 Å². The first-order chi connectivity index (χ1) is 5.69. The van der Waals surface area contributed by atoms with E-state index in [4.69, 9.17) is 21.4 Å². The molecule has 0 aliphatic heterocycles. The van der Waals surface area contributed by atoms with Crippen molar-refractivity contribution in [1.82, 2.24) is 0 Å². The van der Waals surface area contributed by atoms with Gasteiger partial charge in [0.15, 0.2) is 0 Å². The molecule has 0 spiro atoms. The standard InChI is InChI=1S/C9H11ClO2/c1-6-3-7(5-11)9(10)8(4-6)12-2/h3-4,11H,5H2,1-2H3. The third-order valence-corrected chi connectivity index (χ3v) is 2.08. The predicted octanol–water partition coefficient (Wildman–Crippen LogP) is 2.15. The van der Waals surface area contributed by atoms with Crippen LogP contribution in [0.5, 0.6) is 5.75 Å². The third kappa shape index (κ3) is 1.71. The first-order valence-electron chi connectivity index (χ1n) is 3.63. The van der Waals surface area contributed by atoms with E-state index < -0.39 is 0 Å². The van der Waals surface area contributed by atoms with Gasteiger partial charge in [-0.05, 0) is 18.6 Å². The number of methoxy groups -OCH3 is 1. The molecule has 0 aliphatic carbocycles. The van der Waals surface area contributed by atoms with Crippen molar-refractivity contribution in [2.75, 3.05) is 7.11 Å². The molecule has 12 heavy (non-hydrogen) atoms. The summed E-state index contributed by atoms with van der Waals surface area (Å²) in [7, 11) is 1.56. The zero-order valence-electron chi connectivity index (χ0n) is 7.10. The Kier molecular flexibility index (Phi) is 2.95. The van der Waals surface area contributed by atoms with Gasteiger partial charge in [0.05, 0.1) is 18.7 Å². The highest BCUT2D eigenvalue weighted by molar-refractivity contribution is 6.32. The van der Waals surface area contributed by atoms with E-state index in [0.29, 0.717) is 16.3 Å². The first-order valence-corrected chi connectivity index (χ1v) is 4.00. The summed E-state index contributed by atoms with van der Waals surface area (Å²) in [5.41, 5.74) is 1.73. The second-order valence-electron chi connectivity index (χ2n) is 2.60. The molecule has 0 unspecified atom stereocenters. The Bertz CT molecular complexity index is 259. The Morgan fingerprint density at radius 1 is 1.50 bits per heavy atom. The number of rotatable bonds is 2. The number of hydrogen-bond donors (Lipinski definition) is 1. The van der Waals surface area contributed by atoms with E-state index in [-0.39, 0.29) is 6.61 Å². The molecule has 1 aromatic carbocycles. The molecule has 0 fully saturated rings. The van der Waals surface area contributed by atoms with Crippen molar-refractivity contribution in [2.45, 2.75) is 13.5 Å². The van der Waals surface area contributed by atoms with E-state index >= 15 is 0 Å². The monoisotopic (exact) mass is 186 g/mol. The predicted molar refractivity (Wildman–Crippen MR) is 48.7 cm³/mol. The van der Waals surface area contributed by atoms with Gasteiger partial charge in [-0.3, -0.25) is 0 Å². The van der Waals surface area contributed by atoms with Gasteiger partial charge >= 0.3 is 0 Å². The van der Waals surface area contributed by atoms with E-state index in [1.165, 1.54) is 0 Å². The average Bonchev–Trinajstić information content (AvgIpc) is 2.08. The number of aliphatic hydroxyl groups excluding tert-OH is 1. The molecule has 0 bridgehead atoms. The second-order valence-corrected chi connectivity index (χ2v) is 2.98. The summed E-state index contributed by atoms with van der Waals surface area (Å²) < 4.78 is 5.03. The summed E-state index contributed by atoms with van der Waals surface area (Å²) in [6.07, 6.45) is 0. The lowest BCUT2D eigenvalue weighted by Gasteiger charge is -2.07. The highest BCUT2D eigenvalue weighted by atomic mass is 35.5. The summed E-state index contributed by atoms with van der Waals surface area (Å²) in [6, 6.07) is 3.67. The summed E-state index contributed by atoms with van der Waals surface area (Å²) in [4.78, 5) is 0. The normalized spacial score (nSPS) is 10.0. The smallest absolute Gasteiger partial charge is 0.138 e. The van der Waals surface area contributed by atoms with E-state index in [1.54, 1.807) is 7.11 Å². The quantitative estimate of drug-likeness (QED) is 0.767. The summed E-state index contributed by atoms with van der Waals surface area (Å²) in [6.45, 7) is 1.87. The zero-order valence-corrected chi connectivity index (χ0v) is 7.85. The van der Waals surface area contributed by atoms with Gasteiger partial charge in [0.2, 0.25) is 0 Å². The molecule has 1 N–H and O–H groups in total. The zero-order chi connectivity index (χ0) is 9.14. The van der Waals surface area contributed by atoms with Gasteiger partial charge < -0.3 is 9.84 Å². The third-order valence-electron chi connectivity index (χ3n) is 1.65. The van der Waals surface area contributed by atoms with E-state index in [2.05, 4.69) is 0 Å². The number of halogens is 1. The lowest BCUT2D eigenvalue weighted by Crippen LogP contribution is -1.91. The van der Waals surface area contributed by atoms with Crippen LogP contribution in [0.4, 0.5) is 0 Å². The van der Waals surface area contributed by atoms with Crippen molar-refractivity contribution in [3.8, 4) is 5.75 Å². The van der Waals surface area contributed by atoms with E-state index in [9.17, 15) is 0 Å². The van der Waals surface area contributed by atoms with Crippen molar-refractivity contribution in [2.24, 2.45) is 0 Å². The van der Waals surface area contributed by atoms with Crippen LogP contribution in [0.3, 0.4) is 0 Å². The van der Waals surface area contributed by atoms with Crippen LogP contribution in [0, 0.1) is 6.92 Å². The highest BCUT2D eigenvalue weighted by Crippen LogP contribution is 2.29. The Morgan fingerprint density at radius 2 is 2.17 bits per heavy atom. The lowest BCUT2D eigenvalue weighted by atomic mass is 10.1. The van der Waals surface area contributed by atoms with Crippen LogP contribution in [-0.2, 0) is 6.61 Å². The van der Waals surface area contributed by atoms with Crippen LogP contribution in [0.2, 0.25) is 5.02 Å². The molecule has 2 nitrogen and oxygen atoms in total. The summed E-state index contributed by atoms with van der Waals surface area (Å²) in [5, 5.41) is 9.41. The summed E-state index contributed by atoms with van der Waals surface area (Å²) >= 11 is 5.90. The van der Waals surface area contributed by atoms with Crippen molar-refractivity contribution in [1.29, 1.82) is 0 Å². The Balaban J connectivity index is 3.22. The molecule has 0 saturated heterocycles. The fraction of sp³-hybridized carbons (Fsp3) is 0.333. The maximum absolute atomic E-state index is 8.92. The van der Waals surface area contributed by atoms with Gasteiger partial charge in [0.1, 0.15) is 5.75 Å². The van der Waals surface area contributed by atoms with Crippen molar-refractivity contribution >= 4 is 11.6 Å².